The number of benzene rings is 1. The van der Waals surface area contributed by atoms with Gasteiger partial charge in [-0.05, 0) is 24.1 Å². The molecule has 0 aliphatic carbocycles. The summed E-state index contributed by atoms with van der Waals surface area (Å²) in [6.07, 6.45) is 0.549. The maximum atomic E-state index is 9.03. The maximum absolute atomic E-state index is 9.03. The molecule has 0 aliphatic rings. The summed E-state index contributed by atoms with van der Waals surface area (Å²) in [6, 6.07) is 5.37. The number of hydrogen-bond donors (Lipinski definition) is 2. The van der Waals surface area contributed by atoms with Crippen molar-refractivity contribution in [3.05, 3.63) is 33.8 Å². The van der Waals surface area contributed by atoms with E-state index in [1.807, 2.05) is 6.92 Å². The van der Waals surface area contributed by atoms with Crippen molar-refractivity contribution in [2.24, 2.45) is 5.73 Å². The molecule has 4 heteroatoms. The van der Waals surface area contributed by atoms with Gasteiger partial charge in [0.1, 0.15) is 0 Å². The summed E-state index contributed by atoms with van der Waals surface area (Å²) in [5.41, 5.74) is 6.19. The van der Waals surface area contributed by atoms with E-state index in [0.717, 1.165) is 5.56 Å². The number of nitrogens with two attached hydrogens (primary N) is 1. The first-order valence-electron chi connectivity index (χ1n) is 4.80. The lowest BCUT2D eigenvalue weighted by atomic mass is 9.79. The monoisotopic (exact) mass is 247 g/mol. The van der Waals surface area contributed by atoms with E-state index in [4.69, 9.17) is 34.0 Å². The van der Waals surface area contributed by atoms with E-state index in [1.165, 1.54) is 0 Å². The lowest BCUT2D eigenvalue weighted by Crippen LogP contribution is -2.33. The molecule has 0 radical (unpaired) electrons. The van der Waals surface area contributed by atoms with Gasteiger partial charge in [-0.2, -0.15) is 0 Å². The second-order valence-corrected chi connectivity index (χ2v) is 4.65. The second-order valence-electron chi connectivity index (χ2n) is 3.84. The molecule has 1 atom stereocenters. The van der Waals surface area contributed by atoms with E-state index in [-0.39, 0.29) is 12.0 Å². The molecular weight excluding hydrogens is 233 g/mol. The van der Waals surface area contributed by atoms with Gasteiger partial charge in [0.05, 0.1) is 0 Å². The van der Waals surface area contributed by atoms with Crippen LogP contribution in [0.3, 0.4) is 0 Å². The molecule has 0 aromatic heterocycles. The summed E-state index contributed by atoms with van der Waals surface area (Å²) in [4.78, 5) is 0. The Labute approximate surface area is 100.0 Å². The van der Waals surface area contributed by atoms with Crippen LogP contribution in [0, 0.1) is 0 Å². The number of rotatable bonds is 4. The summed E-state index contributed by atoms with van der Waals surface area (Å²) in [7, 11) is 0. The summed E-state index contributed by atoms with van der Waals surface area (Å²) in [5.74, 6) is 0. The lowest BCUT2D eigenvalue weighted by molar-refractivity contribution is 0.247. The lowest BCUT2D eigenvalue weighted by Gasteiger charge is -2.29. The molecule has 1 rings (SSSR count). The van der Waals surface area contributed by atoms with Crippen LogP contribution in [0.25, 0.3) is 0 Å². The third-order valence-electron chi connectivity index (χ3n) is 2.68. The van der Waals surface area contributed by atoms with Crippen LogP contribution < -0.4 is 5.73 Å². The van der Waals surface area contributed by atoms with Gasteiger partial charge in [0.15, 0.2) is 0 Å². The van der Waals surface area contributed by atoms with Crippen LogP contribution in [0.4, 0.5) is 0 Å². The molecule has 0 heterocycles. The standard InChI is InChI=1S/C11H15Cl2NO/c1-11(7-14,5-6-15)10-8(12)3-2-4-9(10)13/h2-4,15H,5-7,14H2,1H3. The maximum Gasteiger partial charge on any atom is 0.0458 e. The normalized spacial score (nSPS) is 15.0. The quantitative estimate of drug-likeness (QED) is 0.860. The Hall–Kier alpha value is -0.280. The fraction of sp³-hybridized carbons (Fsp3) is 0.455. The predicted octanol–water partition coefficient (Wildman–Crippen LogP) is 2.59. The first-order valence-corrected chi connectivity index (χ1v) is 5.56. The molecule has 0 fully saturated rings. The van der Waals surface area contributed by atoms with E-state index < -0.39 is 0 Å². The van der Waals surface area contributed by atoms with Gasteiger partial charge in [0.2, 0.25) is 0 Å². The van der Waals surface area contributed by atoms with Gasteiger partial charge in [-0.15, -0.1) is 0 Å². The average molecular weight is 248 g/mol. The minimum Gasteiger partial charge on any atom is -0.396 e. The Bertz CT molecular complexity index is 323. The van der Waals surface area contributed by atoms with E-state index in [9.17, 15) is 0 Å². The van der Waals surface area contributed by atoms with Crippen LogP contribution in [-0.4, -0.2) is 18.3 Å². The third-order valence-corrected chi connectivity index (χ3v) is 3.31. The SMILES string of the molecule is CC(CN)(CCO)c1c(Cl)cccc1Cl. The Morgan fingerprint density at radius 1 is 1.33 bits per heavy atom. The molecule has 0 aliphatic heterocycles. The zero-order chi connectivity index (χ0) is 11.5. The van der Waals surface area contributed by atoms with Gasteiger partial charge >= 0.3 is 0 Å². The Kier molecular flexibility index (Phi) is 4.41. The molecule has 3 N–H and O–H groups in total. The Morgan fingerprint density at radius 3 is 2.27 bits per heavy atom. The van der Waals surface area contributed by atoms with Crippen molar-refractivity contribution in [3.63, 3.8) is 0 Å². The largest absolute Gasteiger partial charge is 0.396 e. The third kappa shape index (κ3) is 2.64. The first kappa shape index (κ1) is 12.8. The summed E-state index contributed by atoms with van der Waals surface area (Å²) in [5, 5.41) is 10.2. The number of aliphatic hydroxyl groups is 1. The highest BCUT2D eigenvalue weighted by molar-refractivity contribution is 6.36. The van der Waals surface area contributed by atoms with Crippen molar-refractivity contribution in [2.75, 3.05) is 13.2 Å². The minimum atomic E-state index is -0.371. The highest BCUT2D eigenvalue weighted by Gasteiger charge is 2.28. The van der Waals surface area contributed by atoms with Crippen molar-refractivity contribution < 1.29 is 5.11 Å². The van der Waals surface area contributed by atoms with Gasteiger partial charge in [0, 0.05) is 28.6 Å². The summed E-state index contributed by atoms with van der Waals surface area (Å²) < 4.78 is 0. The molecular formula is C11H15Cl2NO. The van der Waals surface area contributed by atoms with E-state index >= 15 is 0 Å². The number of hydrogen-bond acceptors (Lipinski definition) is 2. The Balaban J connectivity index is 3.22. The minimum absolute atomic E-state index is 0.0647. The number of halogens is 2. The predicted molar refractivity (Wildman–Crippen MR) is 64.6 cm³/mol. The van der Waals surface area contributed by atoms with E-state index in [1.54, 1.807) is 18.2 Å². The van der Waals surface area contributed by atoms with Gasteiger partial charge in [-0.3, -0.25) is 0 Å². The van der Waals surface area contributed by atoms with Crippen LogP contribution in [-0.2, 0) is 5.41 Å². The number of aliphatic hydroxyl groups excluding tert-OH is 1. The fourth-order valence-electron chi connectivity index (χ4n) is 1.65. The van der Waals surface area contributed by atoms with Gasteiger partial charge < -0.3 is 10.8 Å². The molecule has 1 aromatic rings. The summed E-state index contributed by atoms with van der Waals surface area (Å²) in [6.45, 7) is 2.42. The summed E-state index contributed by atoms with van der Waals surface area (Å²) >= 11 is 12.2. The first-order chi connectivity index (χ1) is 7.05. The van der Waals surface area contributed by atoms with Gasteiger partial charge in [0.25, 0.3) is 0 Å². The van der Waals surface area contributed by atoms with Gasteiger partial charge in [-0.1, -0.05) is 36.2 Å². The van der Waals surface area contributed by atoms with Crippen molar-refractivity contribution in [1.29, 1.82) is 0 Å². The molecule has 0 amide bonds. The van der Waals surface area contributed by atoms with Crippen LogP contribution in [0.1, 0.15) is 18.9 Å². The Morgan fingerprint density at radius 2 is 1.87 bits per heavy atom. The van der Waals surface area contributed by atoms with Crippen molar-refractivity contribution in [3.8, 4) is 0 Å². The molecule has 0 spiro atoms. The van der Waals surface area contributed by atoms with Crippen molar-refractivity contribution in [1.82, 2.24) is 0 Å². The van der Waals surface area contributed by atoms with Crippen LogP contribution in [0.5, 0.6) is 0 Å². The topological polar surface area (TPSA) is 46.2 Å². The second kappa shape index (κ2) is 5.17. The van der Waals surface area contributed by atoms with Crippen molar-refractivity contribution >= 4 is 23.2 Å². The van der Waals surface area contributed by atoms with Crippen molar-refractivity contribution in [2.45, 2.75) is 18.8 Å². The van der Waals surface area contributed by atoms with Crippen LogP contribution >= 0.6 is 23.2 Å². The average Bonchev–Trinajstić information content (AvgIpc) is 2.18. The van der Waals surface area contributed by atoms with Crippen LogP contribution in [0.2, 0.25) is 10.0 Å². The molecule has 0 saturated carbocycles. The molecule has 1 unspecified atom stereocenters. The fourth-order valence-corrected chi connectivity index (χ4v) is 2.50. The molecule has 2 nitrogen and oxygen atoms in total. The van der Waals surface area contributed by atoms with E-state index in [2.05, 4.69) is 0 Å². The van der Waals surface area contributed by atoms with Crippen LogP contribution in [0.15, 0.2) is 18.2 Å². The smallest absolute Gasteiger partial charge is 0.0458 e. The molecule has 84 valence electrons. The van der Waals surface area contributed by atoms with E-state index in [0.29, 0.717) is 23.0 Å². The zero-order valence-electron chi connectivity index (χ0n) is 8.63. The molecule has 1 aromatic carbocycles. The molecule has 0 bridgehead atoms. The van der Waals surface area contributed by atoms with Gasteiger partial charge in [-0.25, -0.2) is 0 Å². The molecule has 0 saturated heterocycles. The zero-order valence-corrected chi connectivity index (χ0v) is 10.1. The highest BCUT2D eigenvalue weighted by atomic mass is 35.5. The molecule has 15 heavy (non-hydrogen) atoms. The highest BCUT2D eigenvalue weighted by Crippen LogP contribution is 2.37.